The van der Waals surface area contributed by atoms with Crippen molar-refractivity contribution >= 4 is 23.5 Å². The van der Waals surface area contributed by atoms with Crippen molar-refractivity contribution in [3.63, 3.8) is 0 Å². The van der Waals surface area contributed by atoms with Gasteiger partial charge in [-0.15, -0.1) is 0 Å². The molecular formula is C17H15N3O3. The molecule has 0 radical (unpaired) electrons. The third-order valence-electron chi connectivity index (χ3n) is 3.75. The number of imide groups is 1. The van der Waals surface area contributed by atoms with Crippen LogP contribution < -0.4 is 5.32 Å². The van der Waals surface area contributed by atoms with Crippen LogP contribution in [0.15, 0.2) is 42.6 Å². The average molecular weight is 309 g/mol. The molecule has 3 amide bonds. The zero-order valence-corrected chi connectivity index (χ0v) is 12.7. The molecule has 0 spiro atoms. The van der Waals surface area contributed by atoms with Gasteiger partial charge in [-0.2, -0.15) is 0 Å². The molecule has 1 aliphatic rings. The van der Waals surface area contributed by atoms with Crippen molar-refractivity contribution in [3.8, 4) is 0 Å². The number of anilines is 1. The van der Waals surface area contributed by atoms with E-state index in [9.17, 15) is 14.4 Å². The molecule has 23 heavy (non-hydrogen) atoms. The molecule has 6 heteroatoms. The monoisotopic (exact) mass is 309 g/mol. The summed E-state index contributed by atoms with van der Waals surface area (Å²) in [7, 11) is 0. The van der Waals surface area contributed by atoms with Crippen LogP contribution in [0.3, 0.4) is 0 Å². The molecule has 2 aromatic rings. The van der Waals surface area contributed by atoms with Gasteiger partial charge in [0.15, 0.2) is 0 Å². The molecule has 0 unspecified atom stereocenters. The van der Waals surface area contributed by atoms with Gasteiger partial charge in [-0.25, -0.2) is 4.98 Å². The van der Waals surface area contributed by atoms with Crippen molar-refractivity contribution in [1.29, 1.82) is 0 Å². The number of hydrogen-bond donors (Lipinski definition) is 1. The van der Waals surface area contributed by atoms with Gasteiger partial charge in [-0.05, 0) is 37.6 Å². The number of fused-ring (bicyclic) bond motifs is 1. The summed E-state index contributed by atoms with van der Waals surface area (Å²) >= 11 is 0. The van der Waals surface area contributed by atoms with E-state index in [2.05, 4.69) is 10.3 Å². The largest absolute Gasteiger partial charge is 0.309 e. The number of nitrogens with zero attached hydrogens (tertiary/aromatic N) is 2. The summed E-state index contributed by atoms with van der Waals surface area (Å²) in [4.78, 5) is 42.1. The number of rotatable bonds is 3. The van der Waals surface area contributed by atoms with E-state index >= 15 is 0 Å². The molecule has 1 aromatic heterocycles. The third-order valence-corrected chi connectivity index (χ3v) is 3.75. The quantitative estimate of drug-likeness (QED) is 0.880. The van der Waals surface area contributed by atoms with Crippen LogP contribution in [-0.4, -0.2) is 33.6 Å². The minimum Gasteiger partial charge on any atom is -0.309 e. The van der Waals surface area contributed by atoms with E-state index in [1.165, 1.54) is 6.92 Å². The minimum atomic E-state index is -0.925. The minimum absolute atomic E-state index is 0.325. The Labute approximate surface area is 133 Å². The summed E-state index contributed by atoms with van der Waals surface area (Å²) in [6.45, 7) is 3.41. The maximum atomic E-state index is 12.4. The van der Waals surface area contributed by atoms with Crippen LogP contribution in [0.5, 0.6) is 0 Å². The van der Waals surface area contributed by atoms with Gasteiger partial charge in [0.05, 0.1) is 11.1 Å². The highest BCUT2D eigenvalue weighted by atomic mass is 16.2. The second-order valence-electron chi connectivity index (χ2n) is 5.41. The Kier molecular flexibility index (Phi) is 3.65. The molecule has 1 aromatic carbocycles. The van der Waals surface area contributed by atoms with Crippen molar-refractivity contribution < 1.29 is 14.4 Å². The average Bonchev–Trinajstić information content (AvgIpc) is 2.81. The van der Waals surface area contributed by atoms with Crippen molar-refractivity contribution in [3.05, 3.63) is 59.3 Å². The van der Waals surface area contributed by atoms with Gasteiger partial charge in [0.1, 0.15) is 11.9 Å². The van der Waals surface area contributed by atoms with Gasteiger partial charge in [-0.3, -0.25) is 19.3 Å². The summed E-state index contributed by atoms with van der Waals surface area (Å²) < 4.78 is 0. The number of benzene rings is 1. The van der Waals surface area contributed by atoms with Crippen LogP contribution in [0, 0.1) is 6.92 Å². The first-order chi connectivity index (χ1) is 11.0. The fraction of sp³-hybridized carbons (Fsp3) is 0.176. The van der Waals surface area contributed by atoms with E-state index in [0.717, 1.165) is 10.5 Å². The molecule has 3 rings (SSSR count). The first kappa shape index (κ1) is 14.9. The number of aryl methyl sites for hydroxylation is 1. The Morgan fingerprint density at radius 1 is 1.09 bits per heavy atom. The zero-order chi connectivity index (χ0) is 16.6. The lowest BCUT2D eigenvalue weighted by molar-refractivity contribution is -0.119. The second-order valence-corrected chi connectivity index (χ2v) is 5.41. The van der Waals surface area contributed by atoms with Gasteiger partial charge >= 0.3 is 0 Å². The lowest BCUT2D eigenvalue weighted by Crippen LogP contribution is -2.45. The third kappa shape index (κ3) is 2.59. The summed E-state index contributed by atoms with van der Waals surface area (Å²) in [6.07, 6.45) is 1.63. The smallest absolute Gasteiger partial charge is 0.262 e. The van der Waals surface area contributed by atoms with Gasteiger partial charge in [0, 0.05) is 6.20 Å². The molecule has 1 aliphatic heterocycles. The predicted molar refractivity (Wildman–Crippen MR) is 84.0 cm³/mol. The molecule has 1 atom stereocenters. The number of hydrogen-bond acceptors (Lipinski definition) is 4. The Morgan fingerprint density at radius 3 is 2.22 bits per heavy atom. The first-order valence-electron chi connectivity index (χ1n) is 7.19. The molecule has 116 valence electrons. The highest BCUT2D eigenvalue weighted by molar-refractivity contribution is 6.23. The fourth-order valence-electron chi connectivity index (χ4n) is 2.45. The molecular weight excluding hydrogens is 294 g/mol. The lowest BCUT2D eigenvalue weighted by Gasteiger charge is -2.21. The number of nitrogens with one attached hydrogen (secondary N) is 1. The molecule has 2 heterocycles. The van der Waals surface area contributed by atoms with Crippen LogP contribution in [0.25, 0.3) is 0 Å². The molecule has 0 saturated carbocycles. The number of carbonyl (C=O) groups excluding carboxylic acids is 3. The van der Waals surface area contributed by atoms with Gasteiger partial charge in [0.25, 0.3) is 11.8 Å². The van der Waals surface area contributed by atoms with Gasteiger partial charge in [0.2, 0.25) is 5.91 Å². The van der Waals surface area contributed by atoms with Crippen LogP contribution >= 0.6 is 0 Å². The Bertz CT molecular complexity index is 764. The lowest BCUT2D eigenvalue weighted by atomic mass is 10.1. The standard InChI is InChI=1S/C17H15N3O3/c1-10-7-8-14(18-9-10)19-15(21)11(2)20-16(22)12-5-3-4-6-13(12)17(20)23/h3-9,11H,1-2H3,(H,18,19,21)/t11-/m0/s1. The van der Waals surface area contributed by atoms with E-state index in [0.29, 0.717) is 16.9 Å². The summed E-state index contributed by atoms with van der Waals surface area (Å²) in [5, 5.41) is 2.62. The van der Waals surface area contributed by atoms with Gasteiger partial charge < -0.3 is 5.32 Å². The van der Waals surface area contributed by atoms with Crippen LogP contribution in [0.1, 0.15) is 33.2 Å². The molecule has 0 aliphatic carbocycles. The maximum absolute atomic E-state index is 12.4. The summed E-state index contributed by atoms with van der Waals surface area (Å²) in [5.74, 6) is -0.991. The van der Waals surface area contributed by atoms with Crippen molar-refractivity contribution in [2.75, 3.05) is 5.32 Å². The van der Waals surface area contributed by atoms with Gasteiger partial charge in [-0.1, -0.05) is 18.2 Å². The Balaban J connectivity index is 1.79. The van der Waals surface area contributed by atoms with E-state index < -0.39 is 23.8 Å². The molecule has 0 bridgehead atoms. The maximum Gasteiger partial charge on any atom is 0.262 e. The fourth-order valence-corrected chi connectivity index (χ4v) is 2.45. The van der Waals surface area contributed by atoms with E-state index in [1.54, 1.807) is 36.5 Å². The van der Waals surface area contributed by atoms with Crippen LogP contribution in [0.2, 0.25) is 0 Å². The van der Waals surface area contributed by atoms with Crippen LogP contribution in [-0.2, 0) is 4.79 Å². The number of pyridine rings is 1. The second kappa shape index (κ2) is 5.64. The zero-order valence-electron chi connectivity index (χ0n) is 12.7. The molecule has 0 saturated heterocycles. The van der Waals surface area contributed by atoms with Crippen molar-refractivity contribution in [1.82, 2.24) is 9.88 Å². The van der Waals surface area contributed by atoms with E-state index in [1.807, 2.05) is 13.0 Å². The summed E-state index contributed by atoms with van der Waals surface area (Å²) in [5.41, 5.74) is 1.62. The molecule has 1 N–H and O–H groups in total. The van der Waals surface area contributed by atoms with E-state index in [4.69, 9.17) is 0 Å². The highest BCUT2D eigenvalue weighted by Crippen LogP contribution is 2.24. The van der Waals surface area contributed by atoms with E-state index in [-0.39, 0.29) is 0 Å². The van der Waals surface area contributed by atoms with Crippen molar-refractivity contribution in [2.45, 2.75) is 19.9 Å². The molecule has 0 fully saturated rings. The Hall–Kier alpha value is -3.02. The predicted octanol–water partition coefficient (Wildman–Crippen LogP) is 2.01. The molecule has 6 nitrogen and oxygen atoms in total. The number of carbonyl (C=O) groups is 3. The van der Waals surface area contributed by atoms with Crippen LogP contribution in [0.4, 0.5) is 5.82 Å². The highest BCUT2D eigenvalue weighted by Gasteiger charge is 2.40. The normalized spacial score (nSPS) is 14.6. The number of aromatic nitrogens is 1. The SMILES string of the molecule is Cc1ccc(NC(=O)[C@H](C)N2C(=O)c3ccccc3C2=O)nc1. The number of amides is 3. The Morgan fingerprint density at radius 2 is 1.70 bits per heavy atom. The topological polar surface area (TPSA) is 79.4 Å². The summed E-state index contributed by atoms with van der Waals surface area (Å²) in [6, 6.07) is 9.11. The first-order valence-corrected chi connectivity index (χ1v) is 7.19. The van der Waals surface area contributed by atoms with Crippen molar-refractivity contribution in [2.24, 2.45) is 0 Å².